The quantitative estimate of drug-likeness (QED) is 0.497. The number of fused-ring (bicyclic) bond motifs is 3. The molecule has 0 bridgehead atoms. The molecule has 1 N–H and O–H groups in total. The van der Waals surface area contributed by atoms with E-state index in [1.165, 1.54) is 5.56 Å². The van der Waals surface area contributed by atoms with Crippen LogP contribution in [0.5, 0.6) is 0 Å². The van der Waals surface area contributed by atoms with Gasteiger partial charge in [-0.15, -0.1) is 11.3 Å². The van der Waals surface area contributed by atoms with Gasteiger partial charge in [-0.1, -0.05) is 36.4 Å². The standard InChI is InChI=1S/C26H29N5O2S/c1-30(2)12-7-10-23(32)31-13-11-20-22(16-31)34-26-24(20)25(19(14-27)15-28-26)29-21(17-33-3)18-8-5-4-6-9-18/h4-10,15,21H,11-13,16-17H2,1-3H3,(H,28,29)/b10-7+/t21-/m1/s1. The number of nitriles is 1. The van der Waals surface area contributed by atoms with Crippen molar-refractivity contribution >= 4 is 33.1 Å². The highest BCUT2D eigenvalue weighted by Gasteiger charge is 2.27. The van der Waals surface area contributed by atoms with Crippen LogP contribution in [-0.4, -0.2) is 61.6 Å². The summed E-state index contributed by atoms with van der Waals surface area (Å²) in [5, 5.41) is 14.4. The van der Waals surface area contributed by atoms with Gasteiger partial charge in [0.25, 0.3) is 0 Å². The van der Waals surface area contributed by atoms with E-state index in [-0.39, 0.29) is 11.9 Å². The molecule has 3 aromatic rings. The highest BCUT2D eigenvalue weighted by Crippen LogP contribution is 2.40. The van der Waals surface area contributed by atoms with Gasteiger partial charge in [-0.3, -0.25) is 4.79 Å². The first-order valence-electron chi connectivity index (χ1n) is 11.3. The van der Waals surface area contributed by atoms with Crippen LogP contribution in [0.1, 0.15) is 27.6 Å². The maximum absolute atomic E-state index is 12.7. The number of nitrogens with one attached hydrogen (secondary N) is 1. The molecule has 0 aliphatic carbocycles. The van der Waals surface area contributed by atoms with Gasteiger partial charge < -0.3 is 19.9 Å². The van der Waals surface area contributed by atoms with Crippen LogP contribution in [0, 0.1) is 11.3 Å². The van der Waals surface area contributed by atoms with Crippen LogP contribution in [0.25, 0.3) is 10.2 Å². The highest BCUT2D eigenvalue weighted by molar-refractivity contribution is 7.19. The summed E-state index contributed by atoms with van der Waals surface area (Å²) in [5.41, 5.74) is 3.57. The number of hydrogen-bond acceptors (Lipinski definition) is 7. The maximum atomic E-state index is 12.7. The predicted octanol–water partition coefficient (Wildman–Crippen LogP) is 3.97. The first-order chi connectivity index (χ1) is 16.5. The summed E-state index contributed by atoms with van der Waals surface area (Å²) in [6.45, 7) is 2.39. The van der Waals surface area contributed by atoms with Crippen LogP contribution in [0.2, 0.25) is 0 Å². The van der Waals surface area contributed by atoms with Crippen LogP contribution in [0.15, 0.2) is 48.7 Å². The Morgan fingerprint density at radius 3 is 2.88 bits per heavy atom. The zero-order valence-electron chi connectivity index (χ0n) is 19.7. The molecule has 1 aromatic carbocycles. The number of carbonyl (C=O) groups excluding carboxylic acids is 1. The molecule has 34 heavy (non-hydrogen) atoms. The van der Waals surface area contributed by atoms with Gasteiger partial charge in [0.1, 0.15) is 10.9 Å². The Morgan fingerprint density at radius 1 is 1.38 bits per heavy atom. The Labute approximate surface area is 204 Å². The summed E-state index contributed by atoms with van der Waals surface area (Å²) in [6, 6.07) is 12.3. The molecule has 1 aliphatic heterocycles. The summed E-state index contributed by atoms with van der Waals surface area (Å²) in [4.78, 5) is 23.2. The second-order valence-corrected chi connectivity index (χ2v) is 9.66. The van der Waals surface area contributed by atoms with E-state index in [2.05, 4.69) is 28.5 Å². The highest BCUT2D eigenvalue weighted by atomic mass is 32.1. The van der Waals surface area contributed by atoms with Gasteiger partial charge in [-0.2, -0.15) is 5.26 Å². The van der Waals surface area contributed by atoms with Crippen molar-refractivity contribution in [3.05, 3.63) is 70.2 Å². The minimum Gasteiger partial charge on any atom is -0.382 e. The number of benzene rings is 1. The van der Waals surface area contributed by atoms with E-state index in [9.17, 15) is 10.1 Å². The van der Waals surface area contributed by atoms with E-state index in [1.807, 2.05) is 48.2 Å². The van der Waals surface area contributed by atoms with Gasteiger partial charge in [0, 0.05) is 42.7 Å². The molecule has 7 nitrogen and oxygen atoms in total. The molecule has 0 fully saturated rings. The Balaban J connectivity index is 1.67. The molecule has 0 saturated carbocycles. The summed E-state index contributed by atoms with van der Waals surface area (Å²) in [6.07, 6.45) is 5.92. The largest absolute Gasteiger partial charge is 0.382 e. The molecular formula is C26H29N5O2S. The molecule has 176 valence electrons. The van der Waals surface area contributed by atoms with Crippen molar-refractivity contribution in [2.75, 3.05) is 46.2 Å². The van der Waals surface area contributed by atoms with E-state index in [4.69, 9.17) is 4.74 Å². The third-order valence-corrected chi connectivity index (χ3v) is 7.01. The number of pyridine rings is 1. The molecule has 1 atom stereocenters. The summed E-state index contributed by atoms with van der Waals surface area (Å²) >= 11 is 1.60. The average molecular weight is 476 g/mol. The number of methoxy groups -OCH3 is 1. The number of aromatic nitrogens is 1. The normalized spacial score (nSPS) is 14.4. The molecule has 0 spiro atoms. The molecule has 0 saturated heterocycles. The Bertz CT molecular complexity index is 1230. The fourth-order valence-corrected chi connectivity index (χ4v) is 5.41. The van der Waals surface area contributed by atoms with Crippen LogP contribution < -0.4 is 5.32 Å². The maximum Gasteiger partial charge on any atom is 0.246 e. The summed E-state index contributed by atoms with van der Waals surface area (Å²) in [7, 11) is 5.63. The molecule has 2 aromatic heterocycles. The number of carbonyl (C=O) groups is 1. The minimum atomic E-state index is -0.108. The Hall–Kier alpha value is -3.25. The summed E-state index contributed by atoms with van der Waals surface area (Å²) < 4.78 is 5.49. The number of rotatable bonds is 8. The number of likely N-dealkylation sites (N-methyl/N-ethyl adjacent to an activating group) is 1. The van der Waals surface area contributed by atoms with E-state index >= 15 is 0 Å². The van der Waals surface area contributed by atoms with E-state index in [0.29, 0.717) is 25.3 Å². The van der Waals surface area contributed by atoms with Crippen LogP contribution >= 0.6 is 11.3 Å². The SMILES string of the molecule is COC[C@@H](Nc1c(C#N)cnc2sc3c(c12)CCN(C(=O)/C=C/CN(C)C)C3)c1ccccc1. The first-order valence-corrected chi connectivity index (χ1v) is 12.1. The van der Waals surface area contributed by atoms with Gasteiger partial charge >= 0.3 is 0 Å². The predicted molar refractivity (Wildman–Crippen MR) is 136 cm³/mol. The second kappa shape index (κ2) is 10.8. The fourth-order valence-electron chi connectivity index (χ4n) is 4.20. The lowest BCUT2D eigenvalue weighted by molar-refractivity contribution is -0.126. The van der Waals surface area contributed by atoms with Crippen LogP contribution in [0.3, 0.4) is 0 Å². The fraction of sp³-hybridized carbons (Fsp3) is 0.346. The number of anilines is 1. The monoisotopic (exact) mass is 475 g/mol. The van der Waals surface area contributed by atoms with E-state index in [0.717, 1.165) is 39.3 Å². The topological polar surface area (TPSA) is 81.5 Å². The molecule has 1 aliphatic rings. The Kier molecular flexibility index (Phi) is 7.58. The van der Waals surface area contributed by atoms with Crippen LogP contribution in [-0.2, 0) is 22.5 Å². The van der Waals surface area contributed by atoms with Gasteiger partial charge in [-0.05, 0) is 31.6 Å². The van der Waals surface area contributed by atoms with Crippen molar-refractivity contribution in [3.63, 3.8) is 0 Å². The smallest absolute Gasteiger partial charge is 0.246 e. The molecule has 4 rings (SSSR count). The van der Waals surface area contributed by atoms with Crippen molar-refractivity contribution in [2.24, 2.45) is 0 Å². The lowest BCUT2D eigenvalue weighted by Gasteiger charge is -2.26. The molecule has 0 radical (unpaired) electrons. The minimum absolute atomic E-state index is 0.0261. The molecular weight excluding hydrogens is 446 g/mol. The number of amides is 1. The van der Waals surface area contributed by atoms with Crippen molar-refractivity contribution in [2.45, 2.75) is 19.0 Å². The van der Waals surface area contributed by atoms with Gasteiger partial charge in [0.05, 0.1) is 30.4 Å². The first kappa shape index (κ1) is 23.9. The summed E-state index contributed by atoms with van der Waals surface area (Å²) in [5.74, 6) is 0.0261. The third-order valence-electron chi connectivity index (χ3n) is 5.89. The van der Waals surface area contributed by atoms with Gasteiger partial charge in [-0.25, -0.2) is 4.98 Å². The average Bonchev–Trinajstić information content (AvgIpc) is 3.22. The number of thiophene rings is 1. The van der Waals surface area contributed by atoms with Crippen molar-refractivity contribution in [1.82, 2.24) is 14.8 Å². The zero-order chi connectivity index (χ0) is 24.1. The third kappa shape index (κ3) is 5.12. The number of ether oxygens (including phenoxy) is 1. The van der Waals surface area contributed by atoms with E-state index in [1.54, 1.807) is 30.7 Å². The van der Waals surface area contributed by atoms with Crippen LogP contribution in [0.4, 0.5) is 5.69 Å². The van der Waals surface area contributed by atoms with Gasteiger partial charge in [0.15, 0.2) is 0 Å². The van der Waals surface area contributed by atoms with Gasteiger partial charge in [0.2, 0.25) is 5.91 Å². The molecule has 0 unspecified atom stereocenters. The molecule has 3 heterocycles. The number of nitrogens with zero attached hydrogens (tertiary/aromatic N) is 4. The van der Waals surface area contributed by atoms with Crippen molar-refractivity contribution in [1.29, 1.82) is 5.26 Å². The Morgan fingerprint density at radius 2 is 2.18 bits per heavy atom. The zero-order valence-corrected chi connectivity index (χ0v) is 20.6. The van der Waals surface area contributed by atoms with E-state index < -0.39 is 0 Å². The lowest BCUT2D eigenvalue weighted by Crippen LogP contribution is -2.34. The molecule has 8 heteroatoms. The van der Waals surface area contributed by atoms with Crippen molar-refractivity contribution < 1.29 is 9.53 Å². The second-order valence-electron chi connectivity index (χ2n) is 8.58. The van der Waals surface area contributed by atoms with Crippen molar-refractivity contribution in [3.8, 4) is 6.07 Å². The number of hydrogen-bond donors (Lipinski definition) is 1. The molecule has 1 amide bonds. The lowest BCUT2D eigenvalue weighted by atomic mass is 10.0.